The first kappa shape index (κ1) is 12.2. The summed E-state index contributed by atoms with van der Waals surface area (Å²) in [7, 11) is -2.87. The van der Waals surface area contributed by atoms with Crippen molar-refractivity contribution >= 4 is 44.3 Å². The number of halogens is 3. The lowest BCUT2D eigenvalue weighted by Gasteiger charge is -2.15. The first-order valence-corrected chi connectivity index (χ1v) is 5.36. The zero-order valence-corrected chi connectivity index (χ0v) is 9.20. The molecule has 1 N–H and O–H groups in total. The van der Waals surface area contributed by atoms with Gasteiger partial charge in [0.1, 0.15) is 16.1 Å². The molecule has 0 aromatic carbocycles. The second-order valence-corrected chi connectivity index (χ2v) is 4.25. The molecule has 0 aromatic rings. The van der Waals surface area contributed by atoms with Gasteiger partial charge in [0.2, 0.25) is 10.3 Å². The molecule has 0 heterocycles. The Morgan fingerprint density at radius 3 is 2.47 bits per heavy atom. The van der Waals surface area contributed by atoms with Gasteiger partial charge in [0.15, 0.2) is 0 Å². The molecule has 15 heavy (non-hydrogen) atoms. The van der Waals surface area contributed by atoms with E-state index >= 15 is 0 Å². The largest absolute Gasteiger partial charge is 0.478 e. The maximum atomic E-state index is 13.0. The molecule has 1 atom stereocenters. The number of hydrogen-bond acceptors (Lipinski definition) is 3. The van der Waals surface area contributed by atoms with Crippen molar-refractivity contribution < 1.29 is 22.7 Å². The molecule has 0 spiro atoms. The highest BCUT2D eigenvalue weighted by molar-refractivity contribution is 7.74. The minimum absolute atomic E-state index is 0.572. The highest BCUT2D eigenvalue weighted by Crippen LogP contribution is 2.29. The van der Waals surface area contributed by atoms with Crippen molar-refractivity contribution in [3.05, 3.63) is 22.5 Å². The second kappa shape index (κ2) is 4.34. The molecule has 0 amide bonds. The smallest absolute Gasteiger partial charge is 0.333 e. The van der Waals surface area contributed by atoms with Crippen LogP contribution < -0.4 is 0 Å². The number of aliphatic carboxylic acids is 1. The molecule has 1 rings (SSSR count). The second-order valence-electron chi connectivity index (χ2n) is 2.53. The average molecular weight is 273 g/mol. The van der Waals surface area contributed by atoms with E-state index < -0.39 is 42.9 Å². The lowest BCUT2D eigenvalue weighted by Crippen LogP contribution is -2.26. The molecule has 8 heteroatoms. The molecule has 4 nitrogen and oxygen atoms in total. The van der Waals surface area contributed by atoms with Crippen LogP contribution >= 0.6 is 23.2 Å². The molecule has 0 bridgehead atoms. The molecule has 82 valence electrons. The molecule has 1 unspecified atom stereocenters. The Morgan fingerprint density at radius 2 is 2.07 bits per heavy atom. The predicted molar refractivity (Wildman–Crippen MR) is 53.3 cm³/mol. The van der Waals surface area contributed by atoms with E-state index in [1.165, 1.54) is 0 Å². The molecule has 0 saturated carbocycles. The number of hydrogen-bond donors (Lipinski definition) is 1. The predicted octanol–water partition coefficient (Wildman–Crippen LogP) is 1.09. The number of alkyl halides is 1. The summed E-state index contributed by atoms with van der Waals surface area (Å²) in [4.78, 5) is 9.92. The Hall–Kier alpha value is -0.850. The van der Waals surface area contributed by atoms with Gasteiger partial charge in [-0.25, -0.2) is 9.18 Å². The molecular weight excluding hydrogens is 270 g/mol. The number of allylic oxidation sites excluding steroid dienone is 3. The Balaban J connectivity index is 3.51. The lowest BCUT2D eigenvalue weighted by atomic mass is 10.0. The summed E-state index contributed by atoms with van der Waals surface area (Å²) < 4.78 is 34.4. The minimum Gasteiger partial charge on any atom is -0.478 e. The Morgan fingerprint density at radius 1 is 1.53 bits per heavy atom. The van der Waals surface area contributed by atoms with Crippen molar-refractivity contribution in [2.75, 3.05) is 0 Å². The summed E-state index contributed by atoms with van der Waals surface area (Å²) in [6.07, 6.45) is 0.596. The third kappa shape index (κ3) is 2.22. The van der Waals surface area contributed by atoms with Crippen LogP contribution in [0.25, 0.3) is 0 Å². The fraction of sp³-hybridized carbons (Fsp3) is 0.143. The summed E-state index contributed by atoms with van der Waals surface area (Å²) in [5.74, 6) is -2.64. The summed E-state index contributed by atoms with van der Waals surface area (Å²) in [6, 6.07) is 0. The summed E-state index contributed by atoms with van der Waals surface area (Å²) in [5, 5.41) is 6.45. The van der Waals surface area contributed by atoms with Crippen molar-refractivity contribution in [1.29, 1.82) is 0 Å². The van der Waals surface area contributed by atoms with E-state index in [0.29, 0.717) is 6.08 Å². The monoisotopic (exact) mass is 272 g/mol. The average Bonchev–Trinajstić information content (AvgIpc) is 2.10. The van der Waals surface area contributed by atoms with Crippen LogP contribution in [0.2, 0.25) is 0 Å². The number of carbonyl (C=O) groups is 1. The van der Waals surface area contributed by atoms with E-state index in [9.17, 15) is 17.6 Å². The van der Waals surface area contributed by atoms with Gasteiger partial charge in [-0.05, 0) is 6.08 Å². The number of rotatable bonds is 1. The topological polar surface area (TPSA) is 71.4 Å². The van der Waals surface area contributed by atoms with E-state index in [1.54, 1.807) is 0 Å². The van der Waals surface area contributed by atoms with Crippen LogP contribution in [0.4, 0.5) is 4.39 Å². The first-order chi connectivity index (χ1) is 6.86. The lowest BCUT2D eigenvalue weighted by molar-refractivity contribution is -0.132. The highest BCUT2D eigenvalue weighted by Gasteiger charge is 2.32. The van der Waals surface area contributed by atoms with Crippen molar-refractivity contribution in [2.24, 2.45) is 0 Å². The van der Waals surface area contributed by atoms with Gasteiger partial charge in [0.25, 0.3) is 0 Å². The Labute approximate surface area is 95.1 Å². The third-order valence-electron chi connectivity index (χ3n) is 1.64. The maximum absolute atomic E-state index is 13.0. The van der Waals surface area contributed by atoms with Gasteiger partial charge in [-0.15, -0.1) is 11.6 Å². The molecule has 1 aliphatic rings. The molecule has 0 saturated heterocycles. The van der Waals surface area contributed by atoms with Crippen molar-refractivity contribution in [2.45, 2.75) is 5.38 Å². The van der Waals surface area contributed by atoms with Gasteiger partial charge in [-0.2, -0.15) is 8.42 Å². The van der Waals surface area contributed by atoms with E-state index in [-0.39, 0.29) is 0 Å². The van der Waals surface area contributed by atoms with Crippen LogP contribution in [0.3, 0.4) is 0 Å². The first-order valence-electron chi connectivity index (χ1n) is 3.47. The Kier molecular flexibility index (Phi) is 3.54. The quantitative estimate of drug-likeness (QED) is 0.573. The number of carboxylic acids is 1. The van der Waals surface area contributed by atoms with Gasteiger partial charge in [0.05, 0.1) is 10.6 Å². The summed E-state index contributed by atoms with van der Waals surface area (Å²) in [5.41, 5.74) is -0.572. The summed E-state index contributed by atoms with van der Waals surface area (Å²) in [6.45, 7) is 0. The van der Waals surface area contributed by atoms with Gasteiger partial charge in [0, 0.05) is 0 Å². The van der Waals surface area contributed by atoms with Crippen LogP contribution in [0.5, 0.6) is 0 Å². The minimum atomic E-state index is -2.87. The van der Waals surface area contributed by atoms with Crippen LogP contribution in [0.15, 0.2) is 22.5 Å². The maximum Gasteiger partial charge on any atom is 0.333 e. The van der Waals surface area contributed by atoms with E-state index in [1.807, 2.05) is 0 Å². The van der Waals surface area contributed by atoms with E-state index in [0.717, 1.165) is 0 Å². The number of carboxylic acid groups (broad SMARTS) is 1. The zero-order chi connectivity index (χ0) is 11.7. The third-order valence-corrected chi connectivity index (χ3v) is 3.52. The van der Waals surface area contributed by atoms with Crippen LogP contribution in [-0.2, 0) is 15.1 Å². The van der Waals surface area contributed by atoms with E-state index in [4.69, 9.17) is 28.3 Å². The SMILES string of the molecule is O=C(O)C1=CC(F)=C(Cl)C(=S(=O)=O)C1Cl. The van der Waals surface area contributed by atoms with Crippen LogP contribution in [0, 0.1) is 0 Å². The van der Waals surface area contributed by atoms with E-state index in [2.05, 4.69) is 0 Å². The molecule has 0 aromatic heterocycles. The van der Waals surface area contributed by atoms with Gasteiger partial charge in [-0.3, -0.25) is 0 Å². The fourth-order valence-corrected chi connectivity index (χ4v) is 2.40. The van der Waals surface area contributed by atoms with Gasteiger partial charge >= 0.3 is 5.97 Å². The van der Waals surface area contributed by atoms with Crippen LogP contribution in [0.1, 0.15) is 0 Å². The standard InChI is InChI=1S/C7H3Cl2FO4S/c8-4-2(7(11)12)1-3(10)5(9)6(4)15(13)14/h1,4H,(H,11,12). The van der Waals surface area contributed by atoms with Gasteiger partial charge in [-0.1, -0.05) is 11.6 Å². The van der Waals surface area contributed by atoms with Crippen molar-refractivity contribution in [3.8, 4) is 0 Å². The van der Waals surface area contributed by atoms with Crippen molar-refractivity contribution in [1.82, 2.24) is 0 Å². The highest BCUT2D eigenvalue weighted by atomic mass is 35.5. The molecule has 1 aliphatic carbocycles. The molecule has 0 fully saturated rings. The molecule has 0 aliphatic heterocycles. The molecular formula is C7H3Cl2FO4S. The van der Waals surface area contributed by atoms with Crippen molar-refractivity contribution in [3.63, 3.8) is 0 Å². The summed E-state index contributed by atoms with van der Waals surface area (Å²) >= 11 is 10.9. The zero-order valence-electron chi connectivity index (χ0n) is 6.87. The normalized spacial score (nSPS) is 21.4. The Bertz CT molecular complexity index is 509. The fourth-order valence-electron chi connectivity index (χ4n) is 0.971. The molecule has 0 radical (unpaired) electrons. The van der Waals surface area contributed by atoms with Gasteiger partial charge < -0.3 is 5.11 Å². The van der Waals surface area contributed by atoms with Crippen LogP contribution in [-0.4, -0.2) is 29.7 Å².